The molecular formula is C59H102O12S. The molecule has 1 heterocycles. The highest BCUT2D eigenvalue weighted by Crippen LogP contribution is 2.26. The number of ether oxygens (including phenoxy) is 4. The second-order valence-electron chi connectivity index (χ2n) is 19.1. The zero-order valence-corrected chi connectivity index (χ0v) is 45.8. The summed E-state index contributed by atoms with van der Waals surface area (Å²) < 4.78 is 59.3. The van der Waals surface area contributed by atoms with E-state index in [0.717, 1.165) is 57.8 Å². The zero-order valence-electron chi connectivity index (χ0n) is 45.0. The molecule has 1 aliphatic heterocycles. The van der Waals surface area contributed by atoms with Crippen molar-refractivity contribution in [3.05, 3.63) is 85.1 Å². The topological polar surface area (TPSA) is 178 Å². The van der Waals surface area contributed by atoms with E-state index in [-0.39, 0.29) is 19.6 Å². The van der Waals surface area contributed by atoms with Gasteiger partial charge in [-0.05, 0) is 77.0 Å². The van der Waals surface area contributed by atoms with Gasteiger partial charge in [0.2, 0.25) is 0 Å². The second kappa shape index (κ2) is 49.2. The molecule has 13 heteroatoms. The molecule has 0 aromatic rings. The van der Waals surface area contributed by atoms with Crippen LogP contribution in [0.25, 0.3) is 0 Å². The molecular weight excluding hydrogens is 933 g/mol. The van der Waals surface area contributed by atoms with Gasteiger partial charge in [0.1, 0.15) is 30.5 Å². The van der Waals surface area contributed by atoms with Crippen molar-refractivity contribution in [3.8, 4) is 0 Å². The molecule has 12 nitrogen and oxygen atoms in total. The Morgan fingerprint density at radius 1 is 0.542 bits per heavy atom. The van der Waals surface area contributed by atoms with Crippen molar-refractivity contribution in [2.45, 2.75) is 256 Å². The highest BCUT2D eigenvalue weighted by molar-refractivity contribution is 7.80. The van der Waals surface area contributed by atoms with Gasteiger partial charge in [-0.25, -0.2) is 4.18 Å². The van der Waals surface area contributed by atoms with Crippen LogP contribution in [0.2, 0.25) is 0 Å². The zero-order chi connectivity index (χ0) is 52.4. The molecule has 4 N–H and O–H groups in total. The van der Waals surface area contributed by atoms with E-state index in [1.54, 1.807) is 0 Å². The molecule has 1 saturated heterocycles. The van der Waals surface area contributed by atoms with E-state index in [4.69, 9.17) is 18.9 Å². The monoisotopic (exact) mass is 1030 g/mol. The maximum atomic E-state index is 12.9. The van der Waals surface area contributed by atoms with Gasteiger partial charge in [-0.1, -0.05) is 221 Å². The number of hydrogen-bond donors (Lipinski definition) is 4. The van der Waals surface area contributed by atoms with Crippen LogP contribution in [0.1, 0.15) is 219 Å². The molecule has 6 unspecified atom stereocenters. The average molecular weight is 1040 g/mol. The predicted molar refractivity (Wildman–Crippen MR) is 294 cm³/mol. The van der Waals surface area contributed by atoms with E-state index >= 15 is 0 Å². The molecule has 0 saturated carbocycles. The molecule has 6 atom stereocenters. The first kappa shape index (κ1) is 67.3. The fourth-order valence-electron chi connectivity index (χ4n) is 8.28. The first-order chi connectivity index (χ1) is 35.1. The Balaban J connectivity index is 2.33. The number of unbranched alkanes of at least 4 members (excludes halogenated alkanes) is 22. The SMILES string of the molecule is CC/C=C\C/C=C\C/C=C\C/C=C\C/C=C\C/C=C\CCC(=O)OC(COCCCCCCCCCCCCCCCC/C=C\CCCCCCCCCC)COC1OC(CO)C(O)C(OS(=O)(=O)O)C1O. The Kier molecular flexibility index (Phi) is 46.0. The normalized spacial score (nSPS) is 19.6. The summed E-state index contributed by atoms with van der Waals surface area (Å²) in [6, 6.07) is 0. The molecule has 1 rings (SSSR count). The van der Waals surface area contributed by atoms with E-state index in [1.807, 2.05) is 12.2 Å². The standard InChI is InChI=1S/C59H102O12S/c1-3-5-7-9-11-13-15-17-19-21-23-24-25-26-27-28-29-31-33-35-37-39-41-43-45-47-49-67-51-53(52-68-59-57(63)58(71-72(64,65)66)56(62)54(50-60)70-59)69-55(61)48-46-44-42-40-38-36-34-32-30-22-20-18-16-14-12-10-8-6-4-2/h6,8,12,14,18,20-21,23,30,32,36,38,42,44,53-54,56-60,62-63H,3-5,7,9-11,13,15-17,19,22,24-29,31,33-35,37,39-41,43,45-52H2,1-2H3,(H,64,65,66)/b8-6-,14-12-,20-18-,23-21-,32-30-,38-36-,44-42-. The lowest BCUT2D eigenvalue weighted by atomic mass is 9.99. The molecule has 0 bridgehead atoms. The van der Waals surface area contributed by atoms with E-state index in [0.29, 0.717) is 13.0 Å². The summed E-state index contributed by atoms with van der Waals surface area (Å²) in [4.78, 5) is 12.9. The number of aliphatic hydroxyl groups is 3. The molecule has 0 spiro atoms. The summed E-state index contributed by atoms with van der Waals surface area (Å²) in [6.07, 6.45) is 57.9. The largest absolute Gasteiger partial charge is 0.457 e. The van der Waals surface area contributed by atoms with Gasteiger partial charge in [0.25, 0.3) is 0 Å². The molecule has 416 valence electrons. The summed E-state index contributed by atoms with van der Waals surface area (Å²) in [5.41, 5.74) is 0. The lowest BCUT2D eigenvalue weighted by Crippen LogP contribution is -2.60. The van der Waals surface area contributed by atoms with Crippen molar-refractivity contribution >= 4 is 16.4 Å². The minimum atomic E-state index is -5.08. The number of hydrogen-bond acceptors (Lipinski definition) is 11. The lowest BCUT2D eigenvalue weighted by molar-refractivity contribution is -0.301. The third-order valence-corrected chi connectivity index (χ3v) is 13.0. The van der Waals surface area contributed by atoms with Crippen molar-refractivity contribution in [1.82, 2.24) is 0 Å². The van der Waals surface area contributed by atoms with Gasteiger partial charge in [-0.3, -0.25) is 9.35 Å². The molecule has 0 aliphatic carbocycles. The number of carbonyl (C=O) groups is 1. The van der Waals surface area contributed by atoms with Gasteiger partial charge in [0, 0.05) is 13.0 Å². The van der Waals surface area contributed by atoms with Crippen LogP contribution in [0.3, 0.4) is 0 Å². The van der Waals surface area contributed by atoms with E-state index in [2.05, 4.69) is 90.9 Å². The van der Waals surface area contributed by atoms with Crippen molar-refractivity contribution in [1.29, 1.82) is 0 Å². The number of aliphatic hydroxyl groups excluding tert-OH is 3. The van der Waals surface area contributed by atoms with Crippen LogP contribution in [0.5, 0.6) is 0 Å². The third kappa shape index (κ3) is 41.6. The summed E-state index contributed by atoms with van der Waals surface area (Å²) in [6.45, 7) is 3.80. The van der Waals surface area contributed by atoms with Crippen molar-refractivity contribution in [2.75, 3.05) is 26.4 Å². The summed E-state index contributed by atoms with van der Waals surface area (Å²) >= 11 is 0. The fourth-order valence-corrected chi connectivity index (χ4v) is 8.79. The fraction of sp³-hybridized carbons (Fsp3) is 0.746. The maximum absolute atomic E-state index is 12.9. The van der Waals surface area contributed by atoms with E-state index < -0.39 is 59.8 Å². The summed E-state index contributed by atoms with van der Waals surface area (Å²) in [5.74, 6) is -0.480. The Bertz CT molecular complexity index is 1570. The van der Waals surface area contributed by atoms with Gasteiger partial charge < -0.3 is 34.3 Å². The lowest BCUT2D eigenvalue weighted by Gasteiger charge is -2.41. The van der Waals surface area contributed by atoms with Crippen LogP contribution in [-0.2, 0) is 38.3 Å². The molecule has 0 radical (unpaired) electrons. The third-order valence-electron chi connectivity index (χ3n) is 12.5. The molecule has 0 amide bonds. The Hall–Kier alpha value is -2.72. The highest BCUT2D eigenvalue weighted by Gasteiger charge is 2.48. The van der Waals surface area contributed by atoms with E-state index in [9.17, 15) is 33.1 Å². The van der Waals surface area contributed by atoms with Crippen LogP contribution >= 0.6 is 0 Å². The Morgan fingerprint density at radius 2 is 0.958 bits per heavy atom. The maximum Gasteiger partial charge on any atom is 0.397 e. The van der Waals surface area contributed by atoms with Crippen LogP contribution in [0.15, 0.2) is 85.1 Å². The first-order valence-electron chi connectivity index (χ1n) is 28.3. The average Bonchev–Trinajstić information content (AvgIpc) is 3.36. The van der Waals surface area contributed by atoms with Gasteiger partial charge in [0.05, 0.1) is 19.8 Å². The second-order valence-corrected chi connectivity index (χ2v) is 20.2. The highest BCUT2D eigenvalue weighted by atomic mass is 32.3. The summed E-state index contributed by atoms with van der Waals surface area (Å²) in [5, 5.41) is 30.8. The van der Waals surface area contributed by atoms with Gasteiger partial charge in [-0.2, -0.15) is 8.42 Å². The molecule has 72 heavy (non-hydrogen) atoms. The van der Waals surface area contributed by atoms with Crippen LogP contribution < -0.4 is 0 Å². The minimum absolute atomic E-state index is 0.00223. The number of allylic oxidation sites excluding steroid dienone is 14. The Morgan fingerprint density at radius 3 is 1.40 bits per heavy atom. The Labute approximate surface area is 438 Å². The number of carbonyl (C=O) groups excluding carboxylic acids is 1. The summed E-state index contributed by atoms with van der Waals surface area (Å²) in [7, 11) is -5.08. The quantitative estimate of drug-likeness (QED) is 0.0196. The van der Waals surface area contributed by atoms with Gasteiger partial charge >= 0.3 is 16.4 Å². The molecule has 1 fully saturated rings. The van der Waals surface area contributed by atoms with Crippen molar-refractivity contribution in [2.24, 2.45) is 0 Å². The first-order valence-corrected chi connectivity index (χ1v) is 29.7. The van der Waals surface area contributed by atoms with Crippen LogP contribution in [0.4, 0.5) is 0 Å². The smallest absolute Gasteiger partial charge is 0.397 e. The van der Waals surface area contributed by atoms with Crippen LogP contribution in [0, 0.1) is 0 Å². The molecule has 1 aliphatic rings. The number of esters is 1. The van der Waals surface area contributed by atoms with Crippen LogP contribution in [-0.4, -0.2) is 97.5 Å². The van der Waals surface area contributed by atoms with Crippen molar-refractivity contribution < 1.29 is 56.2 Å². The minimum Gasteiger partial charge on any atom is -0.457 e. The molecule has 0 aromatic carbocycles. The number of rotatable bonds is 49. The molecule has 0 aromatic heterocycles. The predicted octanol–water partition coefficient (Wildman–Crippen LogP) is 14.0. The van der Waals surface area contributed by atoms with E-state index in [1.165, 1.54) is 135 Å². The van der Waals surface area contributed by atoms with Crippen molar-refractivity contribution in [3.63, 3.8) is 0 Å². The van der Waals surface area contributed by atoms with Gasteiger partial charge in [0.15, 0.2) is 6.29 Å². The van der Waals surface area contributed by atoms with Gasteiger partial charge in [-0.15, -0.1) is 0 Å².